The Hall–Kier alpha value is -1.46. The molecule has 1 atom stereocenters. The van der Waals surface area contributed by atoms with E-state index in [1.165, 1.54) is 18.2 Å². The fourth-order valence-electron chi connectivity index (χ4n) is 1.79. The van der Waals surface area contributed by atoms with Gasteiger partial charge in [0.1, 0.15) is 11.6 Å². The molecule has 2 nitrogen and oxygen atoms in total. The van der Waals surface area contributed by atoms with Gasteiger partial charge in [0, 0.05) is 11.8 Å². The number of sulfone groups is 1. The van der Waals surface area contributed by atoms with Crippen LogP contribution in [0.4, 0.5) is 8.78 Å². The van der Waals surface area contributed by atoms with Gasteiger partial charge in [-0.15, -0.1) is 11.6 Å². The largest absolute Gasteiger partial charge is 0.224 e. The molecule has 20 heavy (non-hydrogen) atoms. The second-order valence-corrected chi connectivity index (χ2v) is 6.83. The van der Waals surface area contributed by atoms with E-state index in [4.69, 9.17) is 11.6 Å². The summed E-state index contributed by atoms with van der Waals surface area (Å²) < 4.78 is 49.8. The molecule has 0 radical (unpaired) electrons. The Morgan fingerprint density at radius 2 is 1.80 bits per heavy atom. The van der Waals surface area contributed by atoms with Crippen molar-refractivity contribution < 1.29 is 17.2 Å². The topological polar surface area (TPSA) is 34.1 Å². The zero-order chi connectivity index (χ0) is 14.9. The average molecular weight is 317 g/mol. The van der Waals surface area contributed by atoms with E-state index in [1.54, 1.807) is 6.07 Å². The molecule has 0 heterocycles. The van der Waals surface area contributed by atoms with Crippen molar-refractivity contribution in [3.05, 3.63) is 65.2 Å². The van der Waals surface area contributed by atoms with E-state index < -0.39 is 26.8 Å². The third kappa shape index (κ3) is 3.16. The first-order chi connectivity index (χ1) is 9.29. The first-order valence-corrected chi connectivity index (χ1v) is 8.01. The summed E-state index contributed by atoms with van der Waals surface area (Å²) >= 11 is 6.13. The van der Waals surface area contributed by atoms with Gasteiger partial charge in [0.2, 0.25) is 0 Å². The van der Waals surface area contributed by atoms with E-state index >= 15 is 0 Å². The summed E-state index contributed by atoms with van der Waals surface area (Å²) in [7, 11) is -3.39. The Bertz CT molecular complexity index is 745. The number of benzene rings is 2. The molecule has 0 aliphatic rings. The predicted octanol–water partition coefficient (Wildman–Crippen LogP) is 3.70. The standard InChI is InChI=1S/C14H11ClF2O2S/c1-20(18,19)11-4-2-3-9(7-11)14(15)12-8-10(16)5-6-13(12)17/h2-8,14H,1H3. The van der Waals surface area contributed by atoms with Gasteiger partial charge in [0.25, 0.3) is 0 Å². The average Bonchev–Trinajstić information content (AvgIpc) is 2.40. The predicted molar refractivity (Wildman–Crippen MR) is 73.6 cm³/mol. The number of hydrogen-bond donors (Lipinski definition) is 0. The number of alkyl halides is 1. The van der Waals surface area contributed by atoms with Crippen LogP contribution in [0, 0.1) is 11.6 Å². The smallest absolute Gasteiger partial charge is 0.175 e. The Labute approximate surface area is 120 Å². The third-order valence-corrected chi connectivity index (χ3v) is 4.41. The van der Waals surface area contributed by atoms with Gasteiger partial charge < -0.3 is 0 Å². The highest BCUT2D eigenvalue weighted by Crippen LogP contribution is 2.32. The van der Waals surface area contributed by atoms with Crippen LogP contribution in [-0.4, -0.2) is 14.7 Å². The molecule has 0 aliphatic heterocycles. The summed E-state index contributed by atoms with van der Waals surface area (Å²) in [5.74, 6) is -1.25. The lowest BCUT2D eigenvalue weighted by Crippen LogP contribution is -2.01. The van der Waals surface area contributed by atoms with Crippen LogP contribution in [0.25, 0.3) is 0 Å². The van der Waals surface area contributed by atoms with Gasteiger partial charge >= 0.3 is 0 Å². The first kappa shape index (κ1) is 14.9. The van der Waals surface area contributed by atoms with Crippen LogP contribution in [0.15, 0.2) is 47.4 Å². The van der Waals surface area contributed by atoms with Crippen molar-refractivity contribution in [3.63, 3.8) is 0 Å². The van der Waals surface area contributed by atoms with Crippen molar-refractivity contribution in [2.24, 2.45) is 0 Å². The summed E-state index contributed by atoms with van der Waals surface area (Å²) in [6.45, 7) is 0. The zero-order valence-electron chi connectivity index (χ0n) is 10.5. The highest BCUT2D eigenvalue weighted by Gasteiger charge is 2.18. The van der Waals surface area contributed by atoms with Gasteiger partial charge in [-0.25, -0.2) is 17.2 Å². The summed E-state index contributed by atoms with van der Waals surface area (Å²) in [5.41, 5.74) is 0.358. The molecular weight excluding hydrogens is 306 g/mol. The monoisotopic (exact) mass is 316 g/mol. The molecule has 0 bridgehead atoms. The van der Waals surface area contributed by atoms with Crippen molar-refractivity contribution in [2.45, 2.75) is 10.3 Å². The van der Waals surface area contributed by atoms with E-state index in [0.717, 1.165) is 24.5 Å². The Morgan fingerprint density at radius 1 is 1.10 bits per heavy atom. The first-order valence-electron chi connectivity index (χ1n) is 5.68. The molecule has 1 unspecified atom stereocenters. The fourth-order valence-corrected chi connectivity index (χ4v) is 2.77. The molecule has 0 saturated carbocycles. The molecule has 0 fully saturated rings. The van der Waals surface area contributed by atoms with Gasteiger partial charge in [-0.2, -0.15) is 0 Å². The molecule has 0 saturated heterocycles. The summed E-state index contributed by atoms with van der Waals surface area (Å²) in [6.07, 6.45) is 1.07. The second-order valence-electron chi connectivity index (χ2n) is 4.37. The van der Waals surface area contributed by atoms with Crippen LogP contribution in [0.1, 0.15) is 16.5 Å². The second kappa shape index (κ2) is 5.50. The quantitative estimate of drug-likeness (QED) is 0.809. The van der Waals surface area contributed by atoms with Crippen molar-refractivity contribution in [2.75, 3.05) is 6.26 Å². The molecule has 106 valence electrons. The minimum Gasteiger partial charge on any atom is -0.224 e. The lowest BCUT2D eigenvalue weighted by molar-refractivity contribution is 0.587. The van der Waals surface area contributed by atoms with Crippen molar-refractivity contribution >= 4 is 21.4 Å². The number of rotatable bonds is 3. The van der Waals surface area contributed by atoms with Gasteiger partial charge in [-0.3, -0.25) is 0 Å². The van der Waals surface area contributed by atoms with Crippen LogP contribution in [0.5, 0.6) is 0 Å². The lowest BCUT2D eigenvalue weighted by Gasteiger charge is -2.12. The van der Waals surface area contributed by atoms with Gasteiger partial charge in [-0.05, 0) is 35.9 Å². The maximum absolute atomic E-state index is 13.7. The summed E-state index contributed by atoms with van der Waals surface area (Å²) in [4.78, 5) is 0.0810. The number of halogens is 3. The van der Waals surface area contributed by atoms with Crippen molar-refractivity contribution in [1.29, 1.82) is 0 Å². The molecular formula is C14H11ClF2O2S. The fraction of sp³-hybridized carbons (Fsp3) is 0.143. The maximum atomic E-state index is 13.7. The lowest BCUT2D eigenvalue weighted by atomic mass is 10.0. The minimum atomic E-state index is -3.39. The summed E-state index contributed by atoms with van der Waals surface area (Å²) in [6, 6.07) is 8.84. The maximum Gasteiger partial charge on any atom is 0.175 e. The number of hydrogen-bond acceptors (Lipinski definition) is 2. The molecule has 6 heteroatoms. The van der Waals surface area contributed by atoms with E-state index in [2.05, 4.69) is 0 Å². The Morgan fingerprint density at radius 3 is 2.45 bits per heavy atom. The van der Waals surface area contributed by atoms with Crippen molar-refractivity contribution in [1.82, 2.24) is 0 Å². The molecule has 0 N–H and O–H groups in total. The molecule has 2 rings (SSSR count). The molecule has 0 aromatic heterocycles. The van der Waals surface area contributed by atoms with Crippen LogP contribution in [0.2, 0.25) is 0 Å². The molecule has 2 aromatic carbocycles. The normalized spacial score (nSPS) is 13.2. The third-order valence-electron chi connectivity index (χ3n) is 2.81. The Balaban J connectivity index is 2.48. The van der Waals surface area contributed by atoms with Crippen molar-refractivity contribution in [3.8, 4) is 0 Å². The van der Waals surface area contributed by atoms with Gasteiger partial charge in [-0.1, -0.05) is 12.1 Å². The van der Waals surface area contributed by atoms with Crippen LogP contribution < -0.4 is 0 Å². The molecule has 0 amide bonds. The highest BCUT2D eigenvalue weighted by atomic mass is 35.5. The van der Waals surface area contributed by atoms with Crippen LogP contribution in [-0.2, 0) is 9.84 Å². The zero-order valence-corrected chi connectivity index (χ0v) is 12.0. The minimum absolute atomic E-state index is 0.0303. The molecule has 0 spiro atoms. The molecule has 0 aliphatic carbocycles. The van der Waals surface area contributed by atoms with Gasteiger partial charge in [0.15, 0.2) is 9.84 Å². The van der Waals surface area contributed by atoms with Crippen LogP contribution in [0.3, 0.4) is 0 Å². The van der Waals surface area contributed by atoms with E-state index in [-0.39, 0.29) is 10.5 Å². The van der Waals surface area contributed by atoms with E-state index in [0.29, 0.717) is 5.56 Å². The SMILES string of the molecule is CS(=O)(=O)c1cccc(C(Cl)c2cc(F)ccc2F)c1. The highest BCUT2D eigenvalue weighted by molar-refractivity contribution is 7.90. The van der Waals surface area contributed by atoms with E-state index in [9.17, 15) is 17.2 Å². The van der Waals surface area contributed by atoms with Crippen LogP contribution >= 0.6 is 11.6 Å². The van der Waals surface area contributed by atoms with Gasteiger partial charge in [0.05, 0.1) is 10.3 Å². The Kier molecular flexibility index (Phi) is 4.11. The molecule has 2 aromatic rings. The summed E-state index contributed by atoms with van der Waals surface area (Å²) in [5, 5.41) is -0.965. The van der Waals surface area contributed by atoms with E-state index in [1.807, 2.05) is 0 Å².